The first-order valence-corrected chi connectivity index (χ1v) is 8.08. The summed E-state index contributed by atoms with van der Waals surface area (Å²) in [5.74, 6) is 1.57. The molecule has 1 aromatic heterocycles. The van der Waals surface area contributed by atoms with Crippen LogP contribution < -0.4 is 5.32 Å². The van der Waals surface area contributed by atoms with E-state index in [-0.39, 0.29) is 0 Å². The molecule has 0 radical (unpaired) electrons. The smallest absolute Gasteiger partial charge is 0.152 e. The monoisotopic (exact) mass is 291 g/mol. The third kappa shape index (κ3) is 2.72. The van der Waals surface area contributed by atoms with Gasteiger partial charge in [0.1, 0.15) is 5.76 Å². The quantitative estimate of drug-likeness (QED) is 0.795. The molecule has 2 atom stereocenters. The van der Waals surface area contributed by atoms with Crippen LogP contribution in [0.3, 0.4) is 0 Å². The Bertz CT molecular complexity index is 577. The van der Waals surface area contributed by atoms with Gasteiger partial charge in [0.2, 0.25) is 0 Å². The molecule has 20 heavy (non-hydrogen) atoms. The lowest BCUT2D eigenvalue weighted by Gasteiger charge is -2.24. The fourth-order valence-corrected chi connectivity index (χ4v) is 3.61. The Balaban J connectivity index is 1.96. The first kappa shape index (κ1) is 14.0. The van der Waals surface area contributed by atoms with Crippen LogP contribution in [0.25, 0.3) is 11.0 Å². The van der Waals surface area contributed by atoms with E-state index in [4.69, 9.17) is 16.0 Å². The molecule has 2 unspecified atom stereocenters. The molecule has 1 saturated carbocycles. The largest absolute Gasteiger partial charge is 0.459 e. The number of likely N-dealkylation sites (N-methyl/N-ethyl adjacent to an activating group) is 1. The van der Waals surface area contributed by atoms with E-state index in [2.05, 4.69) is 24.4 Å². The summed E-state index contributed by atoms with van der Waals surface area (Å²) in [5, 5.41) is 5.47. The maximum atomic E-state index is 6.23. The zero-order chi connectivity index (χ0) is 13.9. The highest BCUT2D eigenvalue weighted by Gasteiger charge is 2.27. The Morgan fingerprint density at radius 2 is 2.10 bits per heavy atom. The van der Waals surface area contributed by atoms with Crippen LogP contribution in [0.4, 0.5) is 0 Å². The average Bonchev–Trinajstić information content (AvgIpc) is 2.74. The molecule has 1 aliphatic carbocycles. The number of halogens is 1. The second kappa shape index (κ2) is 6.19. The molecule has 3 rings (SSSR count). The molecule has 1 aromatic carbocycles. The maximum Gasteiger partial charge on any atom is 0.152 e. The summed E-state index contributed by atoms with van der Waals surface area (Å²) in [7, 11) is 0. The van der Waals surface area contributed by atoms with Gasteiger partial charge in [-0.1, -0.05) is 49.9 Å². The van der Waals surface area contributed by atoms with Gasteiger partial charge in [-0.05, 0) is 31.5 Å². The van der Waals surface area contributed by atoms with Gasteiger partial charge in [0.15, 0.2) is 5.58 Å². The Morgan fingerprint density at radius 1 is 1.25 bits per heavy atom. The van der Waals surface area contributed by atoms with Crippen molar-refractivity contribution in [2.45, 2.75) is 51.0 Å². The predicted octanol–water partition coefficient (Wildman–Crippen LogP) is 5.11. The summed E-state index contributed by atoms with van der Waals surface area (Å²) in [6, 6.07) is 8.67. The lowest BCUT2D eigenvalue weighted by atomic mass is 9.92. The van der Waals surface area contributed by atoms with Crippen LogP contribution in [-0.4, -0.2) is 12.6 Å². The molecule has 0 amide bonds. The van der Waals surface area contributed by atoms with E-state index in [0.29, 0.717) is 17.0 Å². The number of benzene rings is 1. The van der Waals surface area contributed by atoms with E-state index in [9.17, 15) is 0 Å². The fourth-order valence-electron chi connectivity index (χ4n) is 3.38. The van der Waals surface area contributed by atoms with Crippen LogP contribution in [-0.2, 0) is 0 Å². The average molecular weight is 292 g/mol. The molecule has 1 N–H and O–H groups in total. The summed E-state index contributed by atoms with van der Waals surface area (Å²) < 4.78 is 6.10. The molecule has 0 aliphatic heterocycles. The molecular weight excluding hydrogens is 270 g/mol. The number of hydrogen-bond acceptors (Lipinski definition) is 2. The highest BCUT2D eigenvalue weighted by atomic mass is 35.5. The number of rotatable bonds is 3. The first-order valence-electron chi connectivity index (χ1n) is 7.71. The summed E-state index contributed by atoms with van der Waals surface area (Å²) in [4.78, 5) is 0. The predicted molar refractivity (Wildman–Crippen MR) is 84.5 cm³/mol. The minimum absolute atomic E-state index is 0.473. The zero-order valence-electron chi connectivity index (χ0n) is 12.0. The second-order valence-electron chi connectivity index (χ2n) is 5.72. The minimum atomic E-state index is 0.473. The molecule has 3 heteroatoms. The summed E-state index contributed by atoms with van der Waals surface area (Å²) in [5.41, 5.74) is 0.837. The minimum Gasteiger partial charge on any atom is -0.459 e. The molecule has 108 valence electrons. The molecule has 1 heterocycles. The van der Waals surface area contributed by atoms with Crippen molar-refractivity contribution in [3.8, 4) is 0 Å². The van der Waals surface area contributed by atoms with Gasteiger partial charge in [0, 0.05) is 17.3 Å². The number of hydrogen-bond donors (Lipinski definition) is 1. The molecule has 1 fully saturated rings. The zero-order valence-corrected chi connectivity index (χ0v) is 12.7. The van der Waals surface area contributed by atoms with Crippen molar-refractivity contribution in [2.75, 3.05) is 6.54 Å². The standard InChI is InChI=1S/C17H22ClNO/c1-2-19-15-10-5-3-4-8-13(15)16-11-12-7-6-9-14(18)17(12)20-16/h6-7,9,11,13,15,19H,2-5,8,10H2,1H3. The van der Waals surface area contributed by atoms with Crippen molar-refractivity contribution in [2.24, 2.45) is 0 Å². The van der Waals surface area contributed by atoms with Gasteiger partial charge in [-0.15, -0.1) is 0 Å². The normalized spacial score (nSPS) is 23.9. The number of nitrogens with one attached hydrogen (secondary N) is 1. The molecule has 0 spiro atoms. The van der Waals surface area contributed by atoms with Gasteiger partial charge in [0.05, 0.1) is 5.02 Å². The van der Waals surface area contributed by atoms with Crippen molar-refractivity contribution in [3.63, 3.8) is 0 Å². The second-order valence-corrected chi connectivity index (χ2v) is 6.12. The van der Waals surface area contributed by atoms with E-state index in [1.165, 1.54) is 32.1 Å². The highest BCUT2D eigenvalue weighted by molar-refractivity contribution is 6.34. The molecule has 2 nitrogen and oxygen atoms in total. The number of para-hydroxylation sites is 1. The SMILES string of the molecule is CCNC1CCCCCC1c1cc2cccc(Cl)c2o1. The number of furan rings is 1. The van der Waals surface area contributed by atoms with Crippen LogP contribution >= 0.6 is 11.6 Å². The van der Waals surface area contributed by atoms with Gasteiger partial charge in [-0.3, -0.25) is 0 Å². The van der Waals surface area contributed by atoms with E-state index in [0.717, 1.165) is 23.3 Å². The van der Waals surface area contributed by atoms with E-state index in [1.54, 1.807) is 0 Å². The molecule has 0 bridgehead atoms. The van der Waals surface area contributed by atoms with Gasteiger partial charge < -0.3 is 9.73 Å². The van der Waals surface area contributed by atoms with Crippen molar-refractivity contribution in [3.05, 3.63) is 35.0 Å². The van der Waals surface area contributed by atoms with Crippen molar-refractivity contribution in [1.29, 1.82) is 0 Å². The Kier molecular flexibility index (Phi) is 4.32. The third-order valence-electron chi connectivity index (χ3n) is 4.36. The van der Waals surface area contributed by atoms with Crippen molar-refractivity contribution >= 4 is 22.6 Å². The van der Waals surface area contributed by atoms with Gasteiger partial charge in [0.25, 0.3) is 0 Å². The molecule has 1 aliphatic rings. The summed E-state index contributed by atoms with van der Waals surface area (Å²) in [6.07, 6.45) is 6.38. The van der Waals surface area contributed by atoms with Gasteiger partial charge >= 0.3 is 0 Å². The molecule has 2 aromatic rings. The van der Waals surface area contributed by atoms with Crippen LogP contribution in [0.2, 0.25) is 5.02 Å². The Labute approximate surface area is 125 Å². The van der Waals surface area contributed by atoms with Crippen molar-refractivity contribution in [1.82, 2.24) is 5.32 Å². The summed E-state index contributed by atoms with van der Waals surface area (Å²) in [6.45, 7) is 3.19. The molecule has 0 saturated heterocycles. The summed E-state index contributed by atoms with van der Waals surface area (Å²) >= 11 is 6.23. The van der Waals surface area contributed by atoms with Crippen LogP contribution in [0.5, 0.6) is 0 Å². The van der Waals surface area contributed by atoms with E-state index < -0.39 is 0 Å². The van der Waals surface area contributed by atoms with Gasteiger partial charge in [-0.2, -0.15) is 0 Å². The fraction of sp³-hybridized carbons (Fsp3) is 0.529. The number of fused-ring (bicyclic) bond motifs is 1. The van der Waals surface area contributed by atoms with Crippen molar-refractivity contribution < 1.29 is 4.42 Å². The van der Waals surface area contributed by atoms with Gasteiger partial charge in [-0.25, -0.2) is 0 Å². The Hall–Kier alpha value is -0.990. The van der Waals surface area contributed by atoms with Crippen LogP contribution in [0.1, 0.15) is 50.7 Å². The third-order valence-corrected chi connectivity index (χ3v) is 4.66. The maximum absolute atomic E-state index is 6.23. The lowest BCUT2D eigenvalue weighted by Crippen LogP contribution is -2.33. The topological polar surface area (TPSA) is 25.2 Å². The van der Waals surface area contributed by atoms with E-state index >= 15 is 0 Å². The molecular formula is C17H22ClNO. The highest BCUT2D eigenvalue weighted by Crippen LogP contribution is 2.36. The lowest BCUT2D eigenvalue weighted by molar-refractivity contribution is 0.369. The van der Waals surface area contributed by atoms with Crippen LogP contribution in [0, 0.1) is 0 Å². The Morgan fingerprint density at radius 3 is 2.90 bits per heavy atom. The first-order chi connectivity index (χ1) is 9.79. The van der Waals surface area contributed by atoms with E-state index in [1.807, 2.05) is 12.1 Å². The van der Waals surface area contributed by atoms with Crippen LogP contribution in [0.15, 0.2) is 28.7 Å².